The monoisotopic (exact) mass is 186 g/mol. The molecule has 14 heavy (non-hydrogen) atoms. The molecule has 0 unspecified atom stereocenters. The first-order valence-electron chi connectivity index (χ1n) is 4.94. The zero-order valence-corrected chi connectivity index (χ0v) is 8.42. The van der Waals surface area contributed by atoms with Gasteiger partial charge in [0.15, 0.2) is 0 Å². The van der Waals surface area contributed by atoms with Gasteiger partial charge < -0.3 is 4.42 Å². The third kappa shape index (κ3) is 1.35. The summed E-state index contributed by atoms with van der Waals surface area (Å²) < 4.78 is 5.68. The number of allylic oxidation sites excluding steroid dienone is 2. The van der Waals surface area contributed by atoms with Crippen LogP contribution in [0.25, 0.3) is 18.2 Å². The lowest BCUT2D eigenvalue weighted by Gasteiger charge is -2.03. The summed E-state index contributed by atoms with van der Waals surface area (Å²) in [5.74, 6) is 1.89. The van der Waals surface area contributed by atoms with E-state index in [4.69, 9.17) is 4.42 Å². The van der Waals surface area contributed by atoms with Gasteiger partial charge >= 0.3 is 0 Å². The number of furan rings is 1. The normalized spacial score (nSPS) is 14.6. The molecule has 1 aliphatic rings. The summed E-state index contributed by atoms with van der Waals surface area (Å²) in [6.07, 6.45) is 12.3. The fourth-order valence-corrected chi connectivity index (χ4v) is 1.83. The fourth-order valence-electron chi connectivity index (χ4n) is 1.83. The van der Waals surface area contributed by atoms with Crippen molar-refractivity contribution in [3.8, 4) is 0 Å². The van der Waals surface area contributed by atoms with Crippen LogP contribution in [0.3, 0.4) is 0 Å². The van der Waals surface area contributed by atoms with Crippen LogP contribution < -0.4 is 0 Å². The summed E-state index contributed by atoms with van der Waals surface area (Å²) in [6, 6.07) is 0. The Morgan fingerprint density at radius 2 is 2.36 bits per heavy atom. The first-order chi connectivity index (χ1) is 6.86. The van der Waals surface area contributed by atoms with Crippen molar-refractivity contribution in [2.45, 2.75) is 19.8 Å². The van der Waals surface area contributed by atoms with E-state index in [1.165, 1.54) is 11.1 Å². The fraction of sp³-hybridized carbons (Fsp3) is 0.231. The van der Waals surface area contributed by atoms with E-state index in [1.807, 2.05) is 13.0 Å². The molecule has 0 atom stereocenters. The summed E-state index contributed by atoms with van der Waals surface area (Å²) in [4.78, 5) is 0. The highest BCUT2D eigenvalue weighted by atomic mass is 16.3. The standard InChI is InChI=1S/C13H14O/c1-3-7-10-11-8-5-6-9-13(11)14-12(10)4-2/h3-4,6-7,9H,2,5,8H2,1H3/b7-3-. The highest BCUT2D eigenvalue weighted by Gasteiger charge is 2.16. The van der Waals surface area contributed by atoms with Gasteiger partial charge in [-0.05, 0) is 31.9 Å². The maximum atomic E-state index is 5.68. The topological polar surface area (TPSA) is 13.1 Å². The molecule has 1 heterocycles. The van der Waals surface area contributed by atoms with Gasteiger partial charge in [-0.25, -0.2) is 0 Å². The van der Waals surface area contributed by atoms with Crippen molar-refractivity contribution in [3.05, 3.63) is 41.4 Å². The van der Waals surface area contributed by atoms with Crippen LogP contribution in [0.15, 0.2) is 23.1 Å². The predicted octanol–water partition coefficient (Wildman–Crippen LogP) is 3.92. The molecule has 1 nitrogen and oxygen atoms in total. The number of fused-ring (bicyclic) bond motifs is 1. The predicted molar refractivity (Wildman–Crippen MR) is 60.9 cm³/mol. The molecule has 0 fully saturated rings. The van der Waals surface area contributed by atoms with E-state index >= 15 is 0 Å². The number of hydrogen-bond acceptors (Lipinski definition) is 1. The summed E-state index contributed by atoms with van der Waals surface area (Å²) in [6.45, 7) is 5.78. The average molecular weight is 186 g/mol. The molecule has 0 bridgehead atoms. The Morgan fingerprint density at radius 1 is 1.50 bits per heavy atom. The molecule has 2 rings (SSSR count). The minimum absolute atomic E-state index is 0.889. The molecule has 72 valence electrons. The van der Waals surface area contributed by atoms with Gasteiger partial charge in [0.25, 0.3) is 0 Å². The van der Waals surface area contributed by atoms with Crippen LogP contribution in [0.5, 0.6) is 0 Å². The van der Waals surface area contributed by atoms with E-state index in [2.05, 4.69) is 24.8 Å². The van der Waals surface area contributed by atoms with E-state index < -0.39 is 0 Å². The SMILES string of the molecule is C=Cc1oc2c(c1/C=C\C)CCC=C2. The second kappa shape index (κ2) is 3.70. The van der Waals surface area contributed by atoms with Crippen LogP contribution in [0.1, 0.15) is 36.0 Å². The van der Waals surface area contributed by atoms with Crippen molar-refractivity contribution in [2.24, 2.45) is 0 Å². The molecule has 1 aromatic rings. The molecule has 1 aromatic heterocycles. The van der Waals surface area contributed by atoms with Crippen molar-refractivity contribution in [1.29, 1.82) is 0 Å². The van der Waals surface area contributed by atoms with Crippen LogP contribution in [0.4, 0.5) is 0 Å². The van der Waals surface area contributed by atoms with E-state index in [9.17, 15) is 0 Å². The van der Waals surface area contributed by atoms with Crippen LogP contribution in [-0.4, -0.2) is 0 Å². The van der Waals surface area contributed by atoms with Crippen molar-refractivity contribution < 1.29 is 4.42 Å². The first kappa shape index (κ1) is 9.07. The van der Waals surface area contributed by atoms with Gasteiger partial charge in [0.1, 0.15) is 11.5 Å². The quantitative estimate of drug-likeness (QED) is 0.682. The highest BCUT2D eigenvalue weighted by Crippen LogP contribution is 2.30. The van der Waals surface area contributed by atoms with Gasteiger partial charge in [-0.1, -0.05) is 24.8 Å². The number of rotatable bonds is 2. The Bertz CT molecular complexity index is 405. The van der Waals surface area contributed by atoms with E-state index in [0.29, 0.717) is 0 Å². The van der Waals surface area contributed by atoms with Crippen molar-refractivity contribution in [3.63, 3.8) is 0 Å². The van der Waals surface area contributed by atoms with Crippen molar-refractivity contribution in [2.75, 3.05) is 0 Å². The lowest BCUT2D eigenvalue weighted by Crippen LogP contribution is -1.91. The Hall–Kier alpha value is -1.50. The van der Waals surface area contributed by atoms with Crippen LogP contribution in [0, 0.1) is 0 Å². The van der Waals surface area contributed by atoms with Crippen molar-refractivity contribution >= 4 is 18.2 Å². The Balaban J connectivity index is 2.59. The molecule has 0 aliphatic heterocycles. The lowest BCUT2D eigenvalue weighted by molar-refractivity contribution is 0.541. The minimum atomic E-state index is 0.889. The zero-order valence-electron chi connectivity index (χ0n) is 8.42. The molecule has 0 saturated carbocycles. The maximum absolute atomic E-state index is 5.68. The van der Waals surface area contributed by atoms with Gasteiger partial charge in [0.2, 0.25) is 0 Å². The van der Waals surface area contributed by atoms with Crippen molar-refractivity contribution in [1.82, 2.24) is 0 Å². The lowest BCUT2D eigenvalue weighted by atomic mass is 9.99. The van der Waals surface area contributed by atoms with E-state index in [-0.39, 0.29) is 0 Å². The third-order valence-electron chi connectivity index (χ3n) is 2.46. The van der Waals surface area contributed by atoms with Gasteiger partial charge in [-0.3, -0.25) is 0 Å². The molecule has 0 spiro atoms. The molecule has 0 amide bonds. The van der Waals surface area contributed by atoms with Crippen LogP contribution >= 0.6 is 0 Å². The smallest absolute Gasteiger partial charge is 0.134 e. The molecule has 0 radical (unpaired) electrons. The highest BCUT2D eigenvalue weighted by molar-refractivity contribution is 5.69. The molecule has 0 saturated heterocycles. The summed E-state index contributed by atoms with van der Waals surface area (Å²) >= 11 is 0. The minimum Gasteiger partial charge on any atom is -0.456 e. The molecule has 1 aliphatic carbocycles. The maximum Gasteiger partial charge on any atom is 0.134 e. The van der Waals surface area contributed by atoms with Crippen LogP contribution in [-0.2, 0) is 6.42 Å². The largest absolute Gasteiger partial charge is 0.456 e. The van der Waals surface area contributed by atoms with Gasteiger partial charge in [-0.2, -0.15) is 0 Å². The molecular formula is C13H14O. The van der Waals surface area contributed by atoms with Gasteiger partial charge in [0, 0.05) is 11.1 Å². The third-order valence-corrected chi connectivity index (χ3v) is 2.46. The Labute approximate surface area is 84.4 Å². The molecule has 0 N–H and O–H groups in total. The molecule has 0 aromatic carbocycles. The summed E-state index contributed by atoms with van der Waals surface area (Å²) in [7, 11) is 0. The second-order valence-corrected chi connectivity index (χ2v) is 3.37. The van der Waals surface area contributed by atoms with Gasteiger partial charge in [0.05, 0.1) is 0 Å². The second-order valence-electron chi connectivity index (χ2n) is 3.37. The average Bonchev–Trinajstić information content (AvgIpc) is 2.58. The van der Waals surface area contributed by atoms with Gasteiger partial charge in [-0.15, -0.1) is 0 Å². The summed E-state index contributed by atoms with van der Waals surface area (Å²) in [5.41, 5.74) is 2.52. The Morgan fingerprint density at radius 3 is 3.07 bits per heavy atom. The Kier molecular flexibility index (Phi) is 2.40. The van der Waals surface area contributed by atoms with E-state index in [0.717, 1.165) is 24.4 Å². The number of hydrogen-bond donors (Lipinski definition) is 0. The first-order valence-corrected chi connectivity index (χ1v) is 4.94. The molecular weight excluding hydrogens is 172 g/mol. The van der Waals surface area contributed by atoms with E-state index in [1.54, 1.807) is 6.08 Å². The van der Waals surface area contributed by atoms with Crippen LogP contribution in [0.2, 0.25) is 0 Å². The zero-order chi connectivity index (χ0) is 9.97. The molecule has 1 heteroatoms. The summed E-state index contributed by atoms with van der Waals surface area (Å²) in [5, 5.41) is 0.